The maximum absolute atomic E-state index is 3.48. The second kappa shape index (κ2) is 5.61. The van der Waals surface area contributed by atoms with Crippen LogP contribution in [0.25, 0.3) is 0 Å². The molecule has 1 fully saturated rings. The monoisotopic (exact) mass is 184 g/mol. The van der Waals surface area contributed by atoms with Crippen LogP contribution in [0.1, 0.15) is 33.1 Å². The summed E-state index contributed by atoms with van der Waals surface area (Å²) in [5, 5.41) is 6.89. The number of hydrogen-bond donors (Lipinski definition) is 2. The zero-order valence-electron chi connectivity index (χ0n) is 9.27. The zero-order chi connectivity index (χ0) is 9.68. The van der Waals surface area contributed by atoms with Gasteiger partial charge in [-0.25, -0.2) is 0 Å². The molecule has 1 aliphatic rings. The van der Waals surface area contributed by atoms with Gasteiger partial charge in [-0.05, 0) is 51.2 Å². The molecule has 2 nitrogen and oxygen atoms in total. The topological polar surface area (TPSA) is 24.1 Å². The summed E-state index contributed by atoms with van der Waals surface area (Å²) in [6, 6.07) is 0.738. The molecule has 1 saturated heterocycles. The number of piperidine rings is 1. The van der Waals surface area contributed by atoms with Crippen LogP contribution in [-0.2, 0) is 0 Å². The van der Waals surface area contributed by atoms with E-state index >= 15 is 0 Å². The van der Waals surface area contributed by atoms with Crippen molar-refractivity contribution >= 4 is 0 Å². The second-order valence-electron chi connectivity index (χ2n) is 4.61. The van der Waals surface area contributed by atoms with E-state index in [0.29, 0.717) is 0 Å². The van der Waals surface area contributed by atoms with Crippen molar-refractivity contribution in [1.82, 2.24) is 10.6 Å². The van der Waals surface area contributed by atoms with Crippen molar-refractivity contribution in [3.8, 4) is 0 Å². The van der Waals surface area contributed by atoms with Crippen molar-refractivity contribution in [3.05, 3.63) is 0 Å². The largest absolute Gasteiger partial charge is 0.317 e. The van der Waals surface area contributed by atoms with Gasteiger partial charge in [0.05, 0.1) is 0 Å². The minimum absolute atomic E-state index is 0.738. The molecule has 1 heterocycles. The molecule has 0 aromatic rings. The van der Waals surface area contributed by atoms with E-state index in [1.54, 1.807) is 0 Å². The van der Waals surface area contributed by atoms with Crippen LogP contribution in [0.2, 0.25) is 0 Å². The van der Waals surface area contributed by atoms with Crippen molar-refractivity contribution in [2.24, 2.45) is 11.8 Å². The molecule has 0 bridgehead atoms. The van der Waals surface area contributed by atoms with E-state index < -0.39 is 0 Å². The summed E-state index contributed by atoms with van der Waals surface area (Å²) >= 11 is 0. The summed E-state index contributed by atoms with van der Waals surface area (Å²) in [6.45, 7) is 7.04. The van der Waals surface area contributed by atoms with Gasteiger partial charge >= 0.3 is 0 Å². The maximum atomic E-state index is 3.48. The van der Waals surface area contributed by atoms with E-state index in [1.165, 1.54) is 32.4 Å². The van der Waals surface area contributed by atoms with Gasteiger partial charge in [-0.1, -0.05) is 13.8 Å². The van der Waals surface area contributed by atoms with E-state index in [1.807, 2.05) is 0 Å². The van der Waals surface area contributed by atoms with Crippen LogP contribution in [0, 0.1) is 11.8 Å². The molecule has 1 atom stereocenters. The van der Waals surface area contributed by atoms with E-state index in [0.717, 1.165) is 17.9 Å². The van der Waals surface area contributed by atoms with E-state index in [2.05, 4.69) is 31.5 Å². The Hall–Kier alpha value is -0.0800. The van der Waals surface area contributed by atoms with Gasteiger partial charge in [0.2, 0.25) is 0 Å². The van der Waals surface area contributed by atoms with E-state index in [4.69, 9.17) is 0 Å². The third-order valence-corrected chi connectivity index (χ3v) is 3.05. The zero-order valence-corrected chi connectivity index (χ0v) is 9.27. The smallest absolute Gasteiger partial charge is 0.00957 e. The highest BCUT2D eigenvalue weighted by atomic mass is 14.9. The summed E-state index contributed by atoms with van der Waals surface area (Å²) in [4.78, 5) is 0. The number of hydrogen-bond acceptors (Lipinski definition) is 2. The van der Waals surface area contributed by atoms with Crippen molar-refractivity contribution in [2.75, 3.05) is 20.1 Å². The molecule has 0 radical (unpaired) electrons. The lowest BCUT2D eigenvalue weighted by Crippen LogP contribution is -2.41. The Morgan fingerprint density at radius 3 is 2.38 bits per heavy atom. The average Bonchev–Trinajstić information content (AvgIpc) is 2.15. The Balaban J connectivity index is 2.34. The molecule has 0 spiro atoms. The van der Waals surface area contributed by atoms with Crippen molar-refractivity contribution < 1.29 is 0 Å². The molecule has 0 saturated carbocycles. The SMILES string of the molecule is CNC(CC(C)C)C1CCNCC1. The normalized spacial score (nSPS) is 22.2. The summed E-state index contributed by atoms with van der Waals surface area (Å²) in [7, 11) is 2.11. The average molecular weight is 184 g/mol. The molecule has 1 rings (SSSR count). The summed E-state index contributed by atoms with van der Waals surface area (Å²) in [5.74, 6) is 1.71. The quantitative estimate of drug-likeness (QED) is 0.694. The minimum atomic E-state index is 0.738. The number of rotatable bonds is 4. The Labute approximate surface area is 82.5 Å². The Bertz CT molecular complexity index is 128. The molecule has 2 N–H and O–H groups in total. The molecular weight excluding hydrogens is 160 g/mol. The van der Waals surface area contributed by atoms with Crippen LogP contribution in [0.4, 0.5) is 0 Å². The Morgan fingerprint density at radius 1 is 1.31 bits per heavy atom. The van der Waals surface area contributed by atoms with Crippen molar-refractivity contribution in [2.45, 2.75) is 39.2 Å². The molecule has 13 heavy (non-hydrogen) atoms. The molecule has 0 amide bonds. The van der Waals surface area contributed by atoms with Gasteiger partial charge in [0, 0.05) is 6.04 Å². The van der Waals surface area contributed by atoms with Gasteiger partial charge in [0.1, 0.15) is 0 Å². The molecule has 0 aliphatic carbocycles. The highest BCUT2D eigenvalue weighted by molar-refractivity contribution is 4.80. The fraction of sp³-hybridized carbons (Fsp3) is 1.00. The molecule has 0 aromatic heterocycles. The van der Waals surface area contributed by atoms with E-state index in [-0.39, 0.29) is 0 Å². The van der Waals surface area contributed by atoms with Gasteiger partial charge in [-0.15, -0.1) is 0 Å². The van der Waals surface area contributed by atoms with Crippen molar-refractivity contribution in [1.29, 1.82) is 0 Å². The van der Waals surface area contributed by atoms with Crippen LogP contribution in [0.3, 0.4) is 0 Å². The molecular formula is C11H24N2. The molecule has 0 aromatic carbocycles. The molecule has 2 heteroatoms. The predicted molar refractivity (Wildman–Crippen MR) is 57.9 cm³/mol. The first-order valence-corrected chi connectivity index (χ1v) is 5.62. The summed E-state index contributed by atoms with van der Waals surface area (Å²) in [5.41, 5.74) is 0. The third kappa shape index (κ3) is 3.65. The third-order valence-electron chi connectivity index (χ3n) is 3.05. The van der Waals surface area contributed by atoms with E-state index in [9.17, 15) is 0 Å². The van der Waals surface area contributed by atoms with Gasteiger partial charge in [-0.2, -0.15) is 0 Å². The number of nitrogens with one attached hydrogen (secondary N) is 2. The molecule has 1 aliphatic heterocycles. The van der Waals surface area contributed by atoms with Gasteiger partial charge in [-0.3, -0.25) is 0 Å². The highest BCUT2D eigenvalue weighted by Gasteiger charge is 2.22. The fourth-order valence-electron chi connectivity index (χ4n) is 2.30. The molecule has 1 unspecified atom stereocenters. The van der Waals surface area contributed by atoms with Crippen molar-refractivity contribution in [3.63, 3.8) is 0 Å². The van der Waals surface area contributed by atoms with Crippen LogP contribution >= 0.6 is 0 Å². The first kappa shape index (κ1) is 11.0. The second-order valence-corrected chi connectivity index (χ2v) is 4.61. The van der Waals surface area contributed by atoms with Crippen LogP contribution in [0.5, 0.6) is 0 Å². The summed E-state index contributed by atoms with van der Waals surface area (Å²) in [6.07, 6.45) is 4.01. The maximum Gasteiger partial charge on any atom is 0.00957 e. The first-order chi connectivity index (χ1) is 6.24. The first-order valence-electron chi connectivity index (χ1n) is 5.62. The lowest BCUT2D eigenvalue weighted by Gasteiger charge is -2.31. The van der Waals surface area contributed by atoms with Gasteiger partial charge in [0.25, 0.3) is 0 Å². The lowest BCUT2D eigenvalue weighted by atomic mass is 9.86. The fourth-order valence-corrected chi connectivity index (χ4v) is 2.30. The van der Waals surface area contributed by atoms with Crippen LogP contribution in [0.15, 0.2) is 0 Å². The predicted octanol–water partition coefficient (Wildman–Crippen LogP) is 1.62. The van der Waals surface area contributed by atoms with Crippen LogP contribution < -0.4 is 10.6 Å². The lowest BCUT2D eigenvalue weighted by molar-refractivity contribution is 0.260. The highest BCUT2D eigenvalue weighted by Crippen LogP contribution is 2.21. The standard InChI is InChI=1S/C11H24N2/c1-9(2)8-11(12-3)10-4-6-13-7-5-10/h9-13H,4-8H2,1-3H3. The van der Waals surface area contributed by atoms with Gasteiger partial charge < -0.3 is 10.6 Å². The molecule has 78 valence electrons. The minimum Gasteiger partial charge on any atom is -0.317 e. The van der Waals surface area contributed by atoms with Gasteiger partial charge in [0.15, 0.2) is 0 Å². The Morgan fingerprint density at radius 2 is 1.92 bits per heavy atom. The summed E-state index contributed by atoms with van der Waals surface area (Å²) < 4.78 is 0. The van der Waals surface area contributed by atoms with Crippen LogP contribution in [-0.4, -0.2) is 26.2 Å². The Kier molecular flexibility index (Phi) is 4.74.